The number of benzene rings is 1. The predicted molar refractivity (Wildman–Crippen MR) is 96.8 cm³/mol. The first kappa shape index (κ1) is 18.9. The highest BCUT2D eigenvalue weighted by Crippen LogP contribution is 2.37. The van der Waals surface area contributed by atoms with Crippen LogP contribution in [0.3, 0.4) is 0 Å². The van der Waals surface area contributed by atoms with Crippen LogP contribution in [0.1, 0.15) is 33.3 Å². The molecule has 0 amide bonds. The second-order valence-electron chi connectivity index (χ2n) is 5.06. The van der Waals surface area contributed by atoms with Crippen molar-refractivity contribution in [1.29, 1.82) is 0 Å². The molecule has 0 aliphatic carbocycles. The number of carbonyl (C=O) groups is 1. The smallest absolute Gasteiger partial charge is 0.341 e. The van der Waals surface area contributed by atoms with Crippen molar-refractivity contribution in [3.8, 4) is 5.75 Å². The zero-order chi connectivity index (χ0) is 18.7. The first-order valence-electron chi connectivity index (χ1n) is 7.24. The van der Waals surface area contributed by atoms with Gasteiger partial charge < -0.3 is 9.84 Å². The van der Waals surface area contributed by atoms with Crippen molar-refractivity contribution in [3.05, 3.63) is 48.8 Å². The molecule has 0 saturated heterocycles. The van der Waals surface area contributed by atoms with E-state index in [-0.39, 0.29) is 17.2 Å². The van der Waals surface area contributed by atoms with E-state index in [1.807, 2.05) is 6.92 Å². The van der Waals surface area contributed by atoms with Gasteiger partial charge >= 0.3 is 11.7 Å². The quantitative estimate of drug-likeness (QED) is 0.353. The summed E-state index contributed by atoms with van der Waals surface area (Å²) in [5.41, 5.74) is 0.671. The average Bonchev–Trinajstić information content (AvgIpc) is 2.82. The molecule has 1 heterocycles. The minimum atomic E-state index is -0.734. The van der Waals surface area contributed by atoms with E-state index >= 15 is 0 Å². The Morgan fingerprint density at radius 1 is 1.48 bits per heavy atom. The van der Waals surface area contributed by atoms with Gasteiger partial charge in [-0.3, -0.25) is 10.1 Å². The first-order valence-corrected chi connectivity index (χ1v) is 8.43. The zero-order valence-electron chi connectivity index (χ0n) is 13.7. The number of ether oxygens (including phenoxy) is 1. The molecule has 25 heavy (non-hydrogen) atoms. The highest BCUT2D eigenvalue weighted by molar-refractivity contribution is 7.16. The Morgan fingerprint density at radius 3 is 2.76 bits per heavy atom. The van der Waals surface area contributed by atoms with Crippen LogP contribution in [0.5, 0.6) is 5.75 Å². The number of thiophene rings is 1. The summed E-state index contributed by atoms with van der Waals surface area (Å²) in [6.45, 7) is 5.58. The number of aliphatic imine (C=N–C) groups is 1. The van der Waals surface area contributed by atoms with Crippen LogP contribution in [0.25, 0.3) is 0 Å². The molecule has 0 saturated carbocycles. The van der Waals surface area contributed by atoms with Gasteiger partial charge in [0.05, 0.1) is 17.1 Å². The van der Waals surface area contributed by atoms with Crippen LogP contribution in [-0.2, 0) is 4.74 Å². The third-order valence-corrected chi connectivity index (χ3v) is 4.78. The predicted octanol–water partition coefficient (Wildman–Crippen LogP) is 4.56. The lowest BCUT2D eigenvalue weighted by molar-refractivity contribution is -0.385. The molecular formula is C16H15ClN2O5S. The molecule has 0 aliphatic heterocycles. The largest absolute Gasteiger partial charge is 0.502 e. The molecule has 0 aliphatic rings. The van der Waals surface area contributed by atoms with Gasteiger partial charge in [0.15, 0.2) is 0 Å². The molecule has 1 aromatic heterocycles. The molecule has 2 rings (SSSR count). The number of hydrogen-bond donors (Lipinski definition) is 1. The lowest BCUT2D eigenvalue weighted by atomic mass is 10.1. The van der Waals surface area contributed by atoms with E-state index in [0.717, 1.165) is 16.5 Å². The summed E-state index contributed by atoms with van der Waals surface area (Å²) in [6.07, 6.45) is 1.24. The average molecular weight is 383 g/mol. The first-order chi connectivity index (χ1) is 11.8. The minimum Gasteiger partial charge on any atom is -0.502 e. The van der Waals surface area contributed by atoms with Gasteiger partial charge in [-0.15, -0.1) is 11.3 Å². The summed E-state index contributed by atoms with van der Waals surface area (Å²) in [6, 6.07) is 2.41. The normalized spacial score (nSPS) is 11.0. The molecule has 0 atom stereocenters. The molecule has 1 aromatic carbocycles. The van der Waals surface area contributed by atoms with Gasteiger partial charge in [0.2, 0.25) is 5.75 Å². The van der Waals surface area contributed by atoms with Crippen molar-refractivity contribution < 1.29 is 19.6 Å². The van der Waals surface area contributed by atoms with Crippen LogP contribution in [-0.4, -0.2) is 28.8 Å². The Hall–Kier alpha value is -2.45. The Morgan fingerprint density at radius 2 is 2.16 bits per heavy atom. The van der Waals surface area contributed by atoms with Gasteiger partial charge in [-0.2, -0.15) is 0 Å². The number of halogens is 1. The summed E-state index contributed by atoms with van der Waals surface area (Å²) in [7, 11) is 0. The van der Waals surface area contributed by atoms with Crippen LogP contribution in [0.4, 0.5) is 10.7 Å². The third-order valence-electron chi connectivity index (χ3n) is 3.45. The van der Waals surface area contributed by atoms with Gasteiger partial charge in [-0.05, 0) is 32.4 Å². The van der Waals surface area contributed by atoms with Gasteiger partial charge in [0.1, 0.15) is 5.00 Å². The van der Waals surface area contributed by atoms with Crippen LogP contribution >= 0.6 is 22.9 Å². The lowest BCUT2D eigenvalue weighted by Crippen LogP contribution is -2.05. The Balaban J connectivity index is 2.49. The molecule has 7 nitrogen and oxygen atoms in total. The summed E-state index contributed by atoms with van der Waals surface area (Å²) in [5, 5.41) is 21.4. The molecular weight excluding hydrogens is 368 g/mol. The fourth-order valence-electron chi connectivity index (χ4n) is 2.11. The van der Waals surface area contributed by atoms with Crippen molar-refractivity contribution >= 4 is 45.8 Å². The van der Waals surface area contributed by atoms with Crippen LogP contribution in [0.15, 0.2) is 17.1 Å². The van der Waals surface area contributed by atoms with Gasteiger partial charge in [-0.1, -0.05) is 11.6 Å². The summed E-state index contributed by atoms with van der Waals surface area (Å²) in [4.78, 5) is 27.5. The maximum atomic E-state index is 12.1. The number of aromatic hydroxyl groups is 1. The number of esters is 1. The summed E-state index contributed by atoms with van der Waals surface area (Å²) in [5.74, 6) is -1.03. The van der Waals surface area contributed by atoms with Crippen molar-refractivity contribution in [2.75, 3.05) is 6.61 Å². The van der Waals surface area contributed by atoms with Gasteiger partial charge in [0, 0.05) is 27.7 Å². The molecule has 0 spiro atoms. The highest BCUT2D eigenvalue weighted by atomic mass is 35.5. The van der Waals surface area contributed by atoms with Gasteiger partial charge in [0.25, 0.3) is 0 Å². The number of nitro benzene ring substituents is 1. The molecule has 1 N–H and O–H groups in total. The molecule has 9 heteroatoms. The fraction of sp³-hybridized carbons (Fsp3) is 0.250. The van der Waals surface area contributed by atoms with Crippen molar-refractivity contribution in [2.45, 2.75) is 20.8 Å². The third kappa shape index (κ3) is 3.97. The van der Waals surface area contributed by atoms with Crippen LogP contribution in [0, 0.1) is 24.0 Å². The molecule has 132 valence electrons. The fourth-order valence-corrected chi connectivity index (χ4v) is 3.32. The number of phenolic OH excluding ortho intramolecular Hbond substituents is 1. The topological polar surface area (TPSA) is 102 Å². The number of rotatable bonds is 5. The van der Waals surface area contributed by atoms with E-state index in [9.17, 15) is 20.0 Å². The Kier molecular flexibility index (Phi) is 5.76. The second kappa shape index (κ2) is 7.62. The lowest BCUT2D eigenvalue weighted by Gasteiger charge is -2.03. The highest BCUT2D eigenvalue weighted by Gasteiger charge is 2.21. The van der Waals surface area contributed by atoms with Crippen molar-refractivity contribution in [1.82, 2.24) is 0 Å². The number of hydrogen-bond acceptors (Lipinski definition) is 7. The molecule has 0 fully saturated rings. The summed E-state index contributed by atoms with van der Waals surface area (Å²) < 4.78 is 5.04. The number of phenols is 1. The van der Waals surface area contributed by atoms with Crippen molar-refractivity contribution in [3.63, 3.8) is 0 Å². The second-order valence-corrected chi connectivity index (χ2v) is 6.70. The monoisotopic (exact) mass is 382 g/mol. The molecule has 2 aromatic rings. The van der Waals surface area contributed by atoms with E-state index in [2.05, 4.69) is 4.99 Å². The van der Waals surface area contributed by atoms with E-state index in [1.54, 1.807) is 13.8 Å². The summed E-state index contributed by atoms with van der Waals surface area (Å²) >= 11 is 7.14. The van der Waals surface area contributed by atoms with E-state index in [0.29, 0.717) is 10.6 Å². The maximum absolute atomic E-state index is 12.1. The molecule has 0 unspecified atom stereocenters. The van der Waals surface area contributed by atoms with E-state index in [1.165, 1.54) is 23.6 Å². The van der Waals surface area contributed by atoms with Crippen LogP contribution in [0.2, 0.25) is 5.02 Å². The van der Waals surface area contributed by atoms with Crippen LogP contribution < -0.4 is 0 Å². The van der Waals surface area contributed by atoms with E-state index in [4.69, 9.17) is 16.3 Å². The van der Waals surface area contributed by atoms with Gasteiger partial charge in [-0.25, -0.2) is 9.79 Å². The number of nitrogens with zero attached hydrogens (tertiary/aromatic N) is 2. The molecule has 0 bridgehead atoms. The number of carbonyl (C=O) groups excluding carboxylic acids is 1. The standard InChI is InChI=1S/C16H15ClN2O5S/c1-4-24-16(21)13-8(2)9(3)25-15(13)18-7-10-5-11(17)6-12(14(10)20)19(22)23/h5-7,20H,4H2,1-3H3. The Labute approximate surface area is 152 Å². The Bertz CT molecular complexity index is 876. The zero-order valence-corrected chi connectivity index (χ0v) is 15.3. The number of nitro groups is 1. The SMILES string of the molecule is CCOC(=O)c1c(N=Cc2cc(Cl)cc([N+](=O)[O-])c2O)sc(C)c1C. The maximum Gasteiger partial charge on any atom is 0.341 e. The van der Waals surface area contributed by atoms with E-state index < -0.39 is 22.3 Å². The number of aryl methyl sites for hydroxylation is 1. The minimum absolute atomic E-state index is 0.0812. The molecule has 0 radical (unpaired) electrons. The van der Waals surface area contributed by atoms with Crippen molar-refractivity contribution in [2.24, 2.45) is 4.99 Å².